The maximum absolute atomic E-state index is 5.72. The number of rotatable bonds is 4. The third kappa shape index (κ3) is 3.35. The van der Waals surface area contributed by atoms with Gasteiger partial charge < -0.3 is 10.6 Å². The number of nitrogens with one attached hydrogen (secondary N) is 1. The maximum atomic E-state index is 5.72. The van der Waals surface area contributed by atoms with Gasteiger partial charge in [-0.3, -0.25) is 11.3 Å². The summed E-state index contributed by atoms with van der Waals surface area (Å²) in [6.07, 6.45) is 2.62. The number of hydrogen-bond acceptors (Lipinski definition) is 6. The van der Waals surface area contributed by atoms with Crippen molar-refractivity contribution >= 4 is 17.6 Å². The Balaban J connectivity index is 2.04. The number of pyridine rings is 1. The Hall–Kier alpha value is -0.820. The van der Waals surface area contributed by atoms with Gasteiger partial charge in [0.25, 0.3) is 0 Å². The molecule has 1 aliphatic rings. The zero-order valence-electron chi connectivity index (χ0n) is 10.7. The molecule has 0 aromatic carbocycles. The lowest BCUT2D eigenvalue weighted by molar-refractivity contribution is 0.214. The van der Waals surface area contributed by atoms with E-state index in [4.69, 9.17) is 11.6 Å². The summed E-state index contributed by atoms with van der Waals surface area (Å²) in [4.78, 5) is 6.39. The summed E-state index contributed by atoms with van der Waals surface area (Å²) in [6, 6.07) is 4.62. The Kier molecular flexibility index (Phi) is 4.82. The largest absolute Gasteiger partial charge is 0.384 e. The minimum atomic E-state index is 0.240. The first kappa shape index (κ1) is 13.6. The summed E-state index contributed by atoms with van der Waals surface area (Å²) in [5.41, 5.74) is 9.83. The van der Waals surface area contributed by atoms with Crippen molar-refractivity contribution in [2.45, 2.75) is 18.5 Å². The molecule has 2 heterocycles. The average molecular weight is 267 g/mol. The molecule has 1 aromatic heterocycles. The van der Waals surface area contributed by atoms with E-state index in [2.05, 4.69) is 22.4 Å². The van der Waals surface area contributed by atoms with Crippen LogP contribution in [0.15, 0.2) is 18.3 Å². The smallest absolute Gasteiger partial charge is 0.123 e. The summed E-state index contributed by atoms with van der Waals surface area (Å²) in [7, 11) is 2.16. The van der Waals surface area contributed by atoms with Crippen molar-refractivity contribution in [1.29, 1.82) is 0 Å². The molecular weight excluding hydrogens is 246 g/mol. The van der Waals surface area contributed by atoms with Crippen LogP contribution in [0.2, 0.25) is 0 Å². The normalized spacial score (nSPS) is 22.9. The van der Waals surface area contributed by atoms with Gasteiger partial charge in [-0.05, 0) is 31.2 Å². The minimum absolute atomic E-state index is 0.240. The van der Waals surface area contributed by atoms with E-state index in [1.54, 1.807) is 6.20 Å². The number of aromatic nitrogens is 1. The van der Waals surface area contributed by atoms with Crippen LogP contribution in [0.3, 0.4) is 0 Å². The fourth-order valence-electron chi connectivity index (χ4n) is 2.31. The van der Waals surface area contributed by atoms with Gasteiger partial charge in [0.2, 0.25) is 0 Å². The number of nitrogens with zero attached hydrogens (tertiary/aromatic N) is 2. The predicted octanol–water partition coefficient (Wildman–Crippen LogP) is 0.0854. The van der Waals surface area contributed by atoms with Gasteiger partial charge in [-0.15, -0.1) is 0 Å². The second-order valence-corrected chi connectivity index (χ2v) is 5.84. The van der Waals surface area contributed by atoms with Gasteiger partial charge in [0.1, 0.15) is 5.82 Å². The molecule has 2 unspecified atom stereocenters. The Bertz CT molecular complexity index is 386. The maximum Gasteiger partial charge on any atom is 0.123 e. The van der Waals surface area contributed by atoms with Crippen molar-refractivity contribution in [2.24, 2.45) is 5.84 Å². The van der Waals surface area contributed by atoms with Crippen molar-refractivity contribution in [3.63, 3.8) is 0 Å². The van der Waals surface area contributed by atoms with E-state index in [1.807, 2.05) is 23.9 Å². The molecule has 5 nitrogen and oxygen atoms in total. The highest BCUT2D eigenvalue weighted by atomic mass is 32.2. The molecule has 100 valence electrons. The van der Waals surface area contributed by atoms with Crippen LogP contribution in [-0.4, -0.2) is 47.1 Å². The second-order valence-electron chi connectivity index (χ2n) is 4.69. The van der Waals surface area contributed by atoms with Crippen molar-refractivity contribution in [3.05, 3.63) is 23.9 Å². The topological polar surface area (TPSA) is 80.2 Å². The lowest BCUT2D eigenvalue weighted by atomic mass is 10.0. The average Bonchev–Trinajstić information content (AvgIpc) is 2.37. The second kappa shape index (κ2) is 6.38. The third-order valence-electron chi connectivity index (χ3n) is 3.42. The van der Waals surface area contributed by atoms with Gasteiger partial charge in [0.15, 0.2) is 0 Å². The van der Waals surface area contributed by atoms with Crippen LogP contribution in [0.5, 0.6) is 0 Å². The number of nitrogen functional groups attached to an aromatic ring is 1. The van der Waals surface area contributed by atoms with Crippen molar-refractivity contribution in [2.75, 3.05) is 30.8 Å². The van der Waals surface area contributed by atoms with E-state index in [1.165, 1.54) is 11.3 Å². The van der Waals surface area contributed by atoms with Crippen LogP contribution < -0.4 is 17.0 Å². The van der Waals surface area contributed by atoms with Crippen molar-refractivity contribution in [1.82, 2.24) is 15.3 Å². The molecule has 2 rings (SSSR count). The van der Waals surface area contributed by atoms with Gasteiger partial charge >= 0.3 is 0 Å². The Morgan fingerprint density at radius 1 is 1.67 bits per heavy atom. The number of nitrogens with two attached hydrogens (primary N) is 2. The lowest BCUT2D eigenvalue weighted by Crippen LogP contribution is -2.55. The molecule has 0 aliphatic carbocycles. The Morgan fingerprint density at radius 3 is 3.17 bits per heavy atom. The highest BCUT2D eigenvalue weighted by Gasteiger charge is 2.27. The lowest BCUT2D eigenvalue weighted by Gasteiger charge is -2.37. The first-order valence-corrected chi connectivity index (χ1v) is 7.30. The van der Waals surface area contributed by atoms with Gasteiger partial charge in [-0.1, -0.05) is 0 Å². The highest BCUT2D eigenvalue weighted by Crippen LogP contribution is 2.19. The third-order valence-corrected chi connectivity index (χ3v) is 4.47. The quantitative estimate of drug-likeness (QED) is 0.530. The highest BCUT2D eigenvalue weighted by molar-refractivity contribution is 7.99. The predicted molar refractivity (Wildman–Crippen MR) is 77.2 cm³/mol. The summed E-state index contributed by atoms with van der Waals surface area (Å²) >= 11 is 1.99. The summed E-state index contributed by atoms with van der Waals surface area (Å²) in [6.45, 7) is 1.12. The van der Waals surface area contributed by atoms with Crippen molar-refractivity contribution in [3.8, 4) is 0 Å². The molecule has 0 amide bonds. The molecule has 1 aromatic rings. The van der Waals surface area contributed by atoms with Crippen LogP contribution in [0, 0.1) is 0 Å². The number of thioether (sulfide) groups is 1. The minimum Gasteiger partial charge on any atom is -0.384 e. The SMILES string of the molecule is CN1CCSCC1C(Cc1ccnc(N)c1)NN. The van der Waals surface area contributed by atoms with Gasteiger partial charge in [-0.25, -0.2) is 4.98 Å². The number of likely N-dealkylation sites (N-methyl/N-ethyl adjacent to an activating group) is 1. The van der Waals surface area contributed by atoms with Gasteiger partial charge in [-0.2, -0.15) is 11.8 Å². The molecule has 5 N–H and O–H groups in total. The van der Waals surface area contributed by atoms with E-state index in [0.29, 0.717) is 11.9 Å². The molecule has 18 heavy (non-hydrogen) atoms. The molecule has 1 saturated heterocycles. The van der Waals surface area contributed by atoms with Crippen LogP contribution in [0.4, 0.5) is 5.82 Å². The molecule has 1 aliphatic heterocycles. The molecule has 2 atom stereocenters. The molecule has 0 radical (unpaired) electrons. The Morgan fingerprint density at radius 2 is 2.50 bits per heavy atom. The van der Waals surface area contributed by atoms with E-state index in [-0.39, 0.29) is 6.04 Å². The standard InChI is InChI=1S/C12H21N5S/c1-17-4-5-18-8-11(17)10(16-14)6-9-2-3-15-12(13)7-9/h2-3,7,10-11,16H,4-6,8,14H2,1H3,(H2,13,15). The number of hydrogen-bond donors (Lipinski definition) is 3. The fraction of sp³-hybridized carbons (Fsp3) is 0.583. The van der Waals surface area contributed by atoms with Gasteiger partial charge in [0, 0.05) is 36.3 Å². The van der Waals surface area contributed by atoms with E-state index >= 15 is 0 Å². The molecule has 6 heteroatoms. The first-order valence-electron chi connectivity index (χ1n) is 6.15. The molecule has 1 fully saturated rings. The molecule has 0 saturated carbocycles. The van der Waals surface area contributed by atoms with Crippen LogP contribution in [-0.2, 0) is 6.42 Å². The van der Waals surface area contributed by atoms with Crippen LogP contribution in [0.25, 0.3) is 0 Å². The Labute approximate surface area is 112 Å². The summed E-state index contributed by atoms with van der Waals surface area (Å²) in [5.74, 6) is 8.60. The van der Waals surface area contributed by atoms with Crippen LogP contribution in [0.1, 0.15) is 5.56 Å². The van der Waals surface area contributed by atoms with E-state index in [0.717, 1.165) is 18.7 Å². The zero-order valence-corrected chi connectivity index (χ0v) is 11.5. The van der Waals surface area contributed by atoms with E-state index < -0.39 is 0 Å². The fourth-order valence-corrected chi connectivity index (χ4v) is 3.62. The molecule has 0 bridgehead atoms. The summed E-state index contributed by atoms with van der Waals surface area (Å²) in [5, 5.41) is 0. The molecule has 0 spiro atoms. The number of anilines is 1. The van der Waals surface area contributed by atoms with Gasteiger partial charge in [0.05, 0.1) is 0 Å². The van der Waals surface area contributed by atoms with Crippen molar-refractivity contribution < 1.29 is 0 Å². The monoisotopic (exact) mass is 267 g/mol. The van der Waals surface area contributed by atoms with Crippen LogP contribution >= 0.6 is 11.8 Å². The number of hydrazine groups is 1. The summed E-state index contributed by atoms with van der Waals surface area (Å²) < 4.78 is 0. The zero-order chi connectivity index (χ0) is 13.0. The first-order chi connectivity index (χ1) is 8.70. The van der Waals surface area contributed by atoms with E-state index in [9.17, 15) is 0 Å². The molecular formula is C12H21N5S.